The molecule has 0 saturated heterocycles. The van der Waals surface area contributed by atoms with Crippen LogP contribution in [-0.2, 0) is 0 Å². The van der Waals surface area contributed by atoms with Crippen molar-refractivity contribution in [3.05, 3.63) is 46.4 Å². The van der Waals surface area contributed by atoms with Gasteiger partial charge in [-0.15, -0.1) is 0 Å². The third kappa shape index (κ3) is 3.49. The van der Waals surface area contributed by atoms with E-state index in [9.17, 15) is 5.11 Å². The normalized spacial score (nSPS) is 11.9. The van der Waals surface area contributed by atoms with Crippen molar-refractivity contribution in [2.24, 2.45) is 0 Å². The third-order valence-electron chi connectivity index (χ3n) is 3.02. The van der Waals surface area contributed by atoms with Crippen LogP contribution in [0.1, 0.15) is 18.6 Å². The van der Waals surface area contributed by atoms with Crippen LogP contribution in [0.2, 0.25) is 0 Å². The van der Waals surface area contributed by atoms with Crippen LogP contribution in [0.4, 0.5) is 0 Å². The summed E-state index contributed by atoms with van der Waals surface area (Å²) in [5, 5.41) is 9.87. The molecule has 0 amide bonds. The van der Waals surface area contributed by atoms with E-state index in [0.29, 0.717) is 28.6 Å². The molecule has 0 aromatic heterocycles. The largest absolute Gasteiger partial charge is 0.493 e. The summed E-state index contributed by atoms with van der Waals surface area (Å²) in [5.74, 6) is 2.14. The summed E-state index contributed by atoms with van der Waals surface area (Å²) in [6.07, 6.45) is -0.645. The minimum absolute atomic E-state index is 0.475. The van der Waals surface area contributed by atoms with Crippen LogP contribution in [0.25, 0.3) is 0 Å². The third-order valence-corrected chi connectivity index (χ3v) is 3.51. The molecule has 0 spiro atoms. The summed E-state index contributed by atoms with van der Waals surface area (Å²) in [4.78, 5) is 0. The van der Waals surface area contributed by atoms with Crippen molar-refractivity contribution < 1.29 is 19.3 Å². The number of benzene rings is 2. The molecule has 0 aliphatic carbocycles. The molecule has 5 heteroatoms. The Kier molecular flexibility index (Phi) is 5.09. The molecular weight excluding hydrogens is 336 g/mol. The zero-order chi connectivity index (χ0) is 15.4. The van der Waals surface area contributed by atoms with Gasteiger partial charge in [0.2, 0.25) is 5.75 Å². The molecule has 21 heavy (non-hydrogen) atoms. The molecule has 1 unspecified atom stereocenters. The highest BCUT2D eigenvalue weighted by Crippen LogP contribution is 2.42. The Bertz CT molecular complexity index is 603. The van der Waals surface area contributed by atoms with Gasteiger partial charge in [-0.3, -0.25) is 0 Å². The molecule has 0 bridgehead atoms. The first-order valence-electron chi connectivity index (χ1n) is 6.43. The van der Waals surface area contributed by atoms with E-state index in [2.05, 4.69) is 15.9 Å². The average molecular weight is 353 g/mol. The number of ether oxygens (including phenoxy) is 3. The Balaban J connectivity index is 2.49. The summed E-state index contributed by atoms with van der Waals surface area (Å²) >= 11 is 3.41. The van der Waals surface area contributed by atoms with Crippen molar-refractivity contribution in [1.29, 1.82) is 0 Å². The highest BCUT2D eigenvalue weighted by Gasteiger charge is 2.16. The van der Waals surface area contributed by atoms with Crippen LogP contribution in [-0.4, -0.2) is 19.3 Å². The van der Waals surface area contributed by atoms with E-state index >= 15 is 0 Å². The lowest BCUT2D eigenvalue weighted by atomic mass is 10.1. The number of aliphatic hydroxyl groups is 1. The van der Waals surface area contributed by atoms with E-state index in [1.165, 1.54) is 0 Å². The highest BCUT2D eigenvalue weighted by molar-refractivity contribution is 9.10. The predicted molar refractivity (Wildman–Crippen MR) is 84.4 cm³/mol. The van der Waals surface area contributed by atoms with Gasteiger partial charge in [0.15, 0.2) is 11.5 Å². The van der Waals surface area contributed by atoms with Crippen LogP contribution in [0.15, 0.2) is 40.9 Å². The minimum Gasteiger partial charge on any atom is -0.493 e. The smallest absolute Gasteiger partial charge is 0.211 e. The van der Waals surface area contributed by atoms with Crippen LogP contribution in [0.3, 0.4) is 0 Å². The van der Waals surface area contributed by atoms with Gasteiger partial charge in [0.1, 0.15) is 5.75 Å². The molecule has 2 aromatic rings. The van der Waals surface area contributed by atoms with Crippen molar-refractivity contribution in [1.82, 2.24) is 0 Å². The van der Waals surface area contributed by atoms with E-state index in [4.69, 9.17) is 14.2 Å². The Morgan fingerprint density at radius 2 is 1.62 bits per heavy atom. The monoisotopic (exact) mass is 352 g/mol. The van der Waals surface area contributed by atoms with Crippen LogP contribution in [0, 0.1) is 0 Å². The van der Waals surface area contributed by atoms with Crippen LogP contribution in [0.5, 0.6) is 23.0 Å². The number of halogens is 1. The van der Waals surface area contributed by atoms with Crippen molar-refractivity contribution in [3.8, 4) is 23.0 Å². The van der Waals surface area contributed by atoms with Crippen molar-refractivity contribution in [2.45, 2.75) is 13.0 Å². The lowest BCUT2D eigenvalue weighted by Gasteiger charge is -2.17. The predicted octanol–water partition coefficient (Wildman–Crippen LogP) is 4.31. The summed E-state index contributed by atoms with van der Waals surface area (Å²) in [6, 6.07) is 10.9. The van der Waals surface area contributed by atoms with Gasteiger partial charge in [0, 0.05) is 10.0 Å². The molecule has 0 heterocycles. The summed E-state index contributed by atoms with van der Waals surface area (Å²) in [6.45, 7) is 1.69. The fourth-order valence-corrected chi connectivity index (χ4v) is 2.31. The van der Waals surface area contributed by atoms with Crippen LogP contribution < -0.4 is 14.2 Å². The fraction of sp³-hybridized carbons (Fsp3) is 0.250. The van der Waals surface area contributed by atoms with E-state index in [-0.39, 0.29) is 0 Å². The van der Waals surface area contributed by atoms with Gasteiger partial charge in [-0.1, -0.05) is 28.1 Å². The number of rotatable bonds is 5. The maximum Gasteiger partial charge on any atom is 0.211 e. The zero-order valence-corrected chi connectivity index (χ0v) is 13.7. The summed E-state index contributed by atoms with van der Waals surface area (Å²) in [5.41, 5.74) is 0.686. The average Bonchev–Trinajstić information content (AvgIpc) is 2.47. The number of para-hydroxylation sites is 1. The molecule has 0 radical (unpaired) electrons. The number of hydrogen-bond acceptors (Lipinski definition) is 4. The number of methoxy groups -OCH3 is 2. The van der Waals surface area contributed by atoms with Crippen molar-refractivity contribution in [2.75, 3.05) is 14.2 Å². The molecule has 0 saturated carbocycles. The zero-order valence-electron chi connectivity index (χ0n) is 12.1. The van der Waals surface area contributed by atoms with Gasteiger partial charge in [-0.25, -0.2) is 0 Å². The molecule has 0 fully saturated rings. The van der Waals surface area contributed by atoms with Crippen molar-refractivity contribution >= 4 is 15.9 Å². The molecule has 1 N–H and O–H groups in total. The lowest BCUT2D eigenvalue weighted by molar-refractivity contribution is 0.195. The first-order chi connectivity index (χ1) is 10.1. The SMILES string of the molecule is COc1cccc(OC)c1Oc1cc(Br)ccc1C(C)O. The summed E-state index contributed by atoms with van der Waals surface area (Å²) < 4.78 is 17.4. The first kappa shape index (κ1) is 15.7. The van der Waals surface area contributed by atoms with Crippen molar-refractivity contribution in [3.63, 3.8) is 0 Å². The van der Waals surface area contributed by atoms with Gasteiger partial charge in [-0.2, -0.15) is 0 Å². The molecule has 2 aromatic carbocycles. The van der Waals surface area contributed by atoms with Gasteiger partial charge >= 0.3 is 0 Å². The van der Waals surface area contributed by atoms with Gasteiger partial charge in [0.25, 0.3) is 0 Å². The molecular formula is C16H17BrO4. The first-order valence-corrected chi connectivity index (χ1v) is 7.22. The quantitative estimate of drug-likeness (QED) is 0.870. The van der Waals surface area contributed by atoms with Crippen LogP contribution >= 0.6 is 15.9 Å². The second-order valence-electron chi connectivity index (χ2n) is 4.45. The van der Waals surface area contributed by atoms with E-state index in [1.54, 1.807) is 39.3 Å². The molecule has 0 aliphatic rings. The molecule has 0 aliphatic heterocycles. The standard InChI is InChI=1S/C16H17BrO4/c1-10(18)12-8-7-11(17)9-15(12)21-16-13(19-2)5-4-6-14(16)20-3/h4-10,18H,1-3H3. The summed E-state index contributed by atoms with van der Waals surface area (Å²) in [7, 11) is 3.14. The molecule has 2 rings (SSSR count). The maximum absolute atomic E-state index is 9.87. The molecule has 1 atom stereocenters. The second kappa shape index (κ2) is 6.83. The second-order valence-corrected chi connectivity index (χ2v) is 5.37. The highest BCUT2D eigenvalue weighted by atomic mass is 79.9. The van der Waals surface area contributed by atoms with Gasteiger partial charge in [0.05, 0.1) is 20.3 Å². The number of aliphatic hydroxyl groups excluding tert-OH is 1. The van der Waals surface area contributed by atoms with Gasteiger partial charge < -0.3 is 19.3 Å². The Morgan fingerprint density at radius 3 is 2.14 bits per heavy atom. The Labute approximate surface area is 132 Å². The molecule has 112 valence electrons. The molecule has 4 nitrogen and oxygen atoms in total. The topological polar surface area (TPSA) is 47.9 Å². The number of hydrogen-bond donors (Lipinski definition) is 1. The Morgan fingerprint density at radius 1 is 1.00 bits per heavy atom. The van der Waals surface area contributed by atoms with E-state index in [1.807, 2.05) is 18.2 Å². The van der Waals surface area contributed by atoms with Gasteiger partial charge in [-0.05, 0) is 31.2 Å². The lowest BCUT2D eigenvalue weighted by Crippen LogP contribution is -1.99. The van der Waals surface area contributed by atoms with E-state index in [0.717, 1.165) is 4.47 Å². The van der Waals surface area contributed by atoms with E-state index < -0.39 is 6.10 Å². The maximum atomic E-state index is 9.87. The minimum atomic E-state index is -0.645. The Hall–Kier alpha value is -1.72. The fourth-order valence-electron chi connectivity index (χ4n) is 1.97.